The highest BCUT2D eigenvalue weighted by Crippen LogP contribution is 2.34. The summed E-state index contributed by atoms with van der Waals surface area (Å²) in [6, 6.07) is 5.92. The molecule has 0 aliphatic rings. The van der Waals surface area contributed by atoms with Gasteiger partial charge in [-0.15, -0.1) is 5.10 Å². The van der Waals surface area contributed by atoms with Gasteiger partial charge in [-0.3, -0.25) is 0 Å². The van der Waals surface area contributed by atoms with Crippen LogP contribution < -0.4 is 5.32 Å². The third kappa shape index (κ3) is 3.68. The number of tetrazole rings is 1. The van der Waals surface area contributed by atoms with Crippen molar-refractivity contribution in [3.63, 3.8) is 0 Å². The Morgan fingerprint density at radius 1 is 1.42 bits per heavy atom. The molecule has 0 fully saturated rings. The Morgan fingerprint density at radius 3 is 2.95 bits per heavy atom. The van der Waals surface area contributed by atoms with E-state index in [4.69, 9.17) is 11.6 Å². The van der Waals surface area contributed by atoms with Gasteiger partial charge >= 0.3 is 0 Å². The Morgan fingerprint density at radius 2 is 2.26 bits per heavy atom. The molecule has 0 aliphatic carbocycles. The minimum absolute atomic E-state index is 0.726. The topological polar surface area (TPSA) is 55.6 Å². The van der Waals surface area contributed by atoms with Gasteiger partial charge in [0.1, 0.15) is 0 Å². The number of hydrogen-bond acceptors (Lipinski definition) is 5. The van der Waals surface area contributed by atoms with Crippen LogP contribution >= 0.6 is 23.4 Å². The molecule has 7 heteroatoms. The van der Waals surface area contributed by atoms with Crippen molar-refractivity contribution in [2.75, 3.05) is 6.54 Å². The molecule has 0 saturated carbocycles. The van der Waals surface area contributed by atoms with E-state index in [0.29, 0.717) is 0 Å². The number of nitrogens with zero attached hydrogens (tertiary/aromatic N) is 4. The molecule has 1 aromatic carbocycles. The lowest BCUT2D eigenvalue weighted by Gasteiger charge is -2.10. The monoisotopic (exact) mass is 297 g/mol. The van der Waals surface area contributed by atoms with E-state index in [9.17, 15) is 0 Å². The van der Waals surface area contributed by atoms with E-state index < -0.39 is 0 Å². The smallest absolute Gasteiger partial charge is 0.213 e. The second-order valence-electron chi connectivity index (χ2n) is 4.09. The first-order chi connectivity index (χ1) is 9.22. The van der Waals surface area contributed by atoms with Gasteiger partial charge in [-0.25, -0.2) is 4.68 Å². The predicted molar refractivity (Wildman–Crippen MR) is 76.4 cm³/mol. The maximum Gasteiger partial charge on any atom is 0.213 e. The van der Waals surface area contributed by atoms with Crippen LogP contribution in [0.15, 0.2) is 28.3 Å². The van der Waals surface area contributed by atoms with Gasteiger partial charge < -0.3 is 5.32 Å². The van der Waals surface area contributed by atoms with Gasteiger partial charge in [-0.1, -0.05) is 30.7 Å². The van der Waals surface area contributed by atoms with Gasteiger partial charge in [-0.05, 0) is 46.8 Å². The zero-order valence-electron chi connectivity index (χ0n) is 10.9. The van der Waals surface area contributed by atoms with E-state index in [2.05, 4.69) is 33.8 Å². The number of aryl methyl sites for hydroxylation is 1. The van der Waals surface area contributed by atoms with Crippen LogP contribution in [0.1, 0.15) is 18.9 Å². The minimum Gasteiger partial charge on any atom is -0.313 e. The first-order valence-electron chi connectivity index (χ1n) is 6.10. The summed E-state index contributed by atoms with van der Waals surface area (Å²) >= 11 is 7.77. The molecule has 0 radical (unpaired) electrons. The second kappa shape index (κ2) is 6.88. The molecule has 0 unspecified atom stereocenters. The molecule has 5 nitrogen and oxygen atoms in total. The fraction of sp³-hybridized carbons (Fsp3) is 0.417. The molecule has 1 N–H and O–H groups in total. The fourth-order valence-corrected chi connectivity index (χ4v) is 2.78. The lowest BCUT2D eigenvalue weighted by Crippen LogP contribution is -2.14. The summed E-state index contributed by atoms with van der Waals surface area (Å²) in [4.78, 5) is 1.01. The Kier molecular flexibility index (Phi) is 5.18. The van der Waals surface area contributed by atoms with Crippen molar-refractivity contribution < 1.29 is 0 Å². The highest BCUT2D eigenvalue weighted by Gasteiger charge is 2.12. The van der Waals surface area contributed by atoms with Crippen molar-refractivity contribution in [2.24, 2.45) is 7.05 Å². The van der Waals surface area contributed by atoms with Gasteiger partial charge in [0.05, 0.1) is 5.02 Å². The molecule has 0 bridgehead atoms. The Labute approximate surface area is 121 Å². The third-order valence-electron chi connectivity index (χ3n) is 2.57. The van der Waals surface area contributed by atoms with Crippen molar-refractivity contribution in [3.05, 3.63) is 28.8 Å². The maximum atomic E-state index is 6.28. The third-order valence-corrected chi connectivity index (χ3v) is 4.21. The first kappa shape index (κ1) is 14.3. The quantitative estimate of drug-likeness (QED) is 0.830. The number of rotatable bonds is 6. The fourth-order valence-electron chi connectivity index (χ4n) is 1.61. The number of halogens is 1. The highest BCUT2D eigenvalue weighted by atomic mass is 35.5. The summed E-state index contributed by atoms with van der Waals surface area (Å²) in [6.07, 6.45) is 1.11. The van der Waals surface area contributed by atoms with Gasteiger partial charge in [0.2, 0.25) is 5.16 Å². The molecule has 0 aliphatic heterocycles. The number of hydrogen-bond donors (Lipinski definition) is 1. The van der Waals surface area contributed by atoms with Crippen LogP contribution in [-0.4, -0.2) is 26.8 Å². The van der Waals surface area contributed by atoms with E-state index >= 15 is 0 Å². The van der Waals surface area contributed by atoms with Crippen LogP contribution in [0, 0.1) is 0 Å². The molecule has 0 amide bonds. The molecule has 1 heterocycles. The van der Waals surface area contributed by atoms with Crippen LogP contribution in [-0.2, 0) is 13.6 Å². The zero-order chi connectivity index (χ0) is 13.7. The summed E-state index contributed by atoms with van der Waals surface area (Å²) in [5.41, 5.74) is 1.16. The van der Waals surface area contributed by atoms with Crippen LogP contribution in [0.25, 0.3) is 0 Å². The number of benzene rings is 1. The summed E-state index contributed by atoms with van der Waals surface area (Å²) in [7, 11) is 1.81. The lowest BCUT2D eigenvalue weighted by molar-refractivity contribution is 0.661. The summed E-state index contributed by atoms with van der Waals surface area (Å²) in [6.45, 7) is 3.93. The Hall–Kier alpha value is -1.11. The average molecular weight is 298 g/mol. The van der Waals surface area contributed by atoms with Crippen LogP contribution in [0.2, 0.25) is 5.02 Å². The predicted octanol–water partition coefficient (Wildman–Crippen LogP) is 2.51. The highest BCUT2D eigenvalue weighted by molar-refractivity contribution is 7.99. The van der Waals surface area contributed by atoms with E-state index in [1.807, 2.05) is 19.2 Å². The zero-order valence-corrected chi connectivity index (χ0v) is 12.5. The SMILES string of the molecule is CCCNCc1cccc(Cl)c1Sc1nnnn1C. The van der Waals surface area contributed by atoms with Gasteiger partial charge in [0, 0.05) is 18.5 Å². The summed E-state index contributed by atoms with van der Waals surface area (Å²) in [5.74, 6) is 0. The molecular formula is C12H16ClN5S. The molecule has 0 atom stereocenters. The molecular weight excluding hydrogens is 282 g/mol. The largest absolute Gasteiger partial charge is 0.313 e. The van der Waals surface area contributed by atoms with E-state index in [1.165, 1.54) is 11.8 Å². The average Bonchev–Trinajstić information content (AvgIpc) is 2.79. The maximum absolute atomic E-state index is 6.28. The van der Waals surface area contributed by atoms with E-state index in [-0.39, 0.29) is 0 Å². The van der Waals surface area contributed by atoms with Crippen LogP contribution in [0.3, 0.4) is 0 Å². The van der Waals surface area contributed by atoms with Gasteiger partial charge in [-0.2, -0.15) is 0 Å². The second-order valence-corrected chi connectivity index (χ2v) is 5.48. The standard InChI is InChI=1S/C12H16ClN5S/c1-3-7-14-8-9-5-4-6-10(13)11(9)19-12-15-16-17-18(12)2/h4-6,14H,3,7-8H2,1-2H3. The minimum atomic E-state index is 0.726. The molecule has 2 rings (SSSR count). The normalized spacial score (nSPS) is 10.9. The van der Waals surface area contributed by atoms with Crippen LogP contribution in [0.5, 0.6) is 0 Å². The molecule has 1 aromatic heterocycles. The first-order valence-corrected chi connectivity index (χ1v) is 7.30. The number of aromatic nitrogens is 4. The molecule has 0 spiro atoms. The van der Waals surface area contributed by atoms with Crippen molar-refractivity contribution in [1.29, 1.82) is 0 Å². The Bertz CT molecular complexity index is 543. The summed E-state index contributed by atoms with van der Waals surface area (Å²) in [5, 5.41) is 16.3. The molecule has 0 saturated heterocycles. The lowest BCUT2D eigenvalue weighted by atomic mass is 10.2. The molecule has 102 valence electrons. The molecule has 2 aromatic rings. The van der Waals surface area contributed by atoms with Crippen molar-refractivity contribution in [1.82, 2.24) is 25.5 Å². The van der Waals surface area contributed by atoms with E-state index in [1.54, 1.807) is 4.68 Å². The number of nitrogens with one attached hydrogen (secondary N) is 1. The van der Waals surface area contributed by atoms with Crippen molar-refractivity contribution in [3.8, 4) is 0 Å². The van der Waals surface area contributed by atoms with Gasteiger partial charge in [0.25, 0.3) is 0 Å². The van der Waals surface area contributed by atoms with E-state index in [0.717, 1.165) is 40.1 Å². The summed E-state index contributed by atoms with van der Waals surface area (Å²) < 4.78 is 1.64. The Balaban J connectivity index is 2.20. The van der Waals surface area contributed by atoms with Crippen molar-refractivity contribution >= 4 is 23.4 Å². The molecule has 19 heavy (non-hydrogen) atoms. The van der Waals surface area contributed by atoms with Crippen molar-refractivity contribution in [2.45, 2.75) is 29.9 Å². The van der Waals surface area contributed by atoms with Crippen LogP contribution in [0.4, 0.5) is 0 Å². The van der Waals surface area contributed by atoms with Gasteiger partial charge in [0.15, 0.2) is 0 Å².